The maximum Gasteiger partial charge on any atom is 0.301 e. The molecule has 1 amide bonds. The summed E-state index contributed by atoms with van der Waals surface area (Å²) >= 11 is 2.72. The zero-order valence-electron chi connectivity index (χ0n) is 29.6. The van der Waals surface area contributed by atoms with E-state index in [1.807, 2.05) is 38.1 Å². The quantitative estimate of drug-likeness (QED) is 0.0281. The molecule has 268 valence electrons. The number of nitrogens with zero attached hydrogens (tertiary/aromatic N) is 3. The van der Waals surface area contributed by atoms with E-state index in [0.717, 1.165) is 36.0 Å². The first-order chi connectivity index (χ1) is 25.3. The number of anilines is 1. The average Bonchev–Trinajstić information content (AvgIpc) is 3.74. The highest BCUT2D eigenvalue weighted by atomic mass is 32.2. The van der Waals surface area contributed by atoms with Gasteiger partial charge in [-0.25, -0.2) is 0 Å². The van der Waals surface area contributed by atoms with Crippen LogP contribution in [0, 0.1) is 13.8 Å². The summed E-state index contributed by atoms with van der Waals surface area (Å²) in [4.78, 5) is 29.1. The summed E-state index contributed by atoms with van der Waals surface area (Å²) in [5.74, 6) is 0.306. The first-order valence-electron chi connectivity index (χ1n) is 17.2. The topological polar surface area (TPSA) is 111 Å². The maximum absolute atomic E-state index is 13.9. The Morgan fingerprint density at radius 2 is 1.67 bits per heavy atom. The van der Waals surface area contributed by atoms with E-state index >= 15 is 0 Å². The summed E-state index contributed by atoms with van der Waals surface area (Å²) in [6, 6.07) is 27.3. The number of amides is 1. The van der Waals surface area contributed by atoms with Crippen LogP contribution in [-0.4, -0.2) is 40.7 Å². The third-order valence-corrected chi connectivity index (χ3v) is 10.9. The number of methoxy groups -OCH3 is 1. The van der Waals surface area contributed by atoms with Crippen LogP contribution in [0.5, 0.6) is 17.2 Å². The van der Waals surface area contributed by atoms with Crippen molar-refractivity contribution in [3.8, 4) is 17.2 Å². The number of rotatable bonds is 15. The Kier molecular flexibility index (Phi) is 11.9. The van der Waals surface area contributed by atoms with Gasteiger partial charge >= 0.3 is 5.91 Å². The summed E-state index contributed by atoms with van der Waals surface area (Å²) in [5.41, 5.74) is 5.33. The number of aryl methyl sites for hydroxylation is 2. The van der Waals surface area contributed by atoms with Crippen LogP contribution in [0.1, 0.15) is 65.6 Å². The first-order valence-corrected chi connectivity index (χ1v) is 19.0. The number of ether oxygens (including phenoxy) is 3. The Hall–Kier alpha value is -5.13. The van der Waals surface area contributed by atoms with Gasteiger partial charge in [0.25, 0.3) is 5.78 Å². The molecule has 0 aliphatic carbocycles. The molecule has 1 aromatic heterocycles. The number of hydrogen-bond donors (Lipinski definition) is 1. The highest BCUT2D eigenvalue weighted by Crippen LogP contribution is 2.46. The van der Waals surface area contributed by atoms with Gasteiger partial charge in [0.05, 0.1) is 25.3 Å². The molecule has 1 fully saturated rings. The second-order valence-electron chi connectivity index (χ2n) is 12.5. The average molecular weight is 736 g/mol. The van der Waals surface area contributed by atoms with Gasteiger partial charge in [-0.2, -0.15) is 0 Å². The number of aromatic nitrogens is 2. The molecule has 1 N–H and O–H groups in total. The fraction of sp³-hybridized carbons (Fsp3) is 0.268. The number of carbonyl (C=O) groups excluding carboxylic acids is 2. The van der Waals surface area contributed by atoms with Crippen molar-refractivity contribution in [1.82, 2.24) is 10.2 Å². The van der Waals surface area contributed by atoms with E-state index < -0.39 is 17.7 Å². The SMILES string of the molecule is CCCCCOc1ccc(C2/C(=C(\O)c3ccc(OCc4ccccc4C)cc3)C(=O)C(=O)N2c2nnc(SCc3ccc(C)cc3)s2)cc1OC. The Morgan fingerprint density at radius 1 is 0.904 bits per heavy atom. The Labute approximate surface area is 312 Å². The van der Waals surface area contributed by atoms with Crippen molar-refractivity contribution in [1.29, 1.82) is 0 Å². The van der Waals surface area contributed by atoms with Gasteiger partial charge in [-0.1, -0.05) is 103 Å². The summed E-state index contributed by atoms with van der Waals surface area (Å²) in [6.45, 7) is 7.11. The number of carbonyl (C=O) groups is 2. The predicted octanol–water partition coefficient (Wildman–Crippen LogP) is 9.23. The van der Waals surface area contributed by atoms with Crippen molar-refractivity contribution in [2.24, 2.45) is 0 Å². The molecule has 52 heavy (non-hydrogen) atoms. The molecule has 5 aromatic rings. The van der Waals surface area contributed by atoms with Crippen molar-refractivity contribution in [3.05, 3.63) is 130 Å². The molecule has 0 spiro atoms. The van der Waals surface area contributed by atoms with Crippen LogP contribution in [0.25, 0.3) is 5.76 Å². The smallest absolute Gasteiger partial charge is 0.301 e. The van der Waals surface area contributed by atoms with Gasteiger partial charge in [0.2, 0.25) is 5.13 Å². The van der Waals surface area contributed by atoms with Crippen molar-refractivity contribution >= 4 is 45.7 Å². The van der Waals surface area contributed by atoms with Crippen molar-refractivity contribution in [2.45, 2.75) is 62.8 Å². The normalized spacial score (nSPS) is 15.2. The largest absolute Gasteiger partial charge is 0.507 e. The van der Waals surface area contributed by atoms with Gasteiger partial charge < -0.3 is 19.3 Å². The Balaban J connectivity index is 1.33. The molecule has 2 heterocycles. The molecule has 11 heteroatoms. The lowest BCUT2D eigenvalue weighted by molar-refractivity contribution is -0.132. The molecular weight excluding hydrogens is 695 g/mol. The van der Waals surface area contributed by atoms with Gasteiger partial charge in [0.1, 0.15) is 18.1 Å². The molecule has 1 aliphatic heterocycles. The van der Waals surface area contributed by atoms with E-state index in [9.17, 15) is 14.7 Å². The molecule has 1 unspecified atom stereocenters. The molecular formula is C41H41N3O6S2. The number of ketones is 1. The number of aliphatic hydroxyl groups excluding tert-OH is 1. The minimum atomic E-state index is -1.01. The van der Waals surface area contributed by atoms with Gasteiger partial charge in [0.15, 0.2) is 15.8 Å². The van der Waals surface area contributed by atoms with Gasteiger partial charge in [-0.15, -0.1) is 10.2 Å². The molecule has 9 nitrogen and oxygen atoms in total. The van der Waals surface area contributed by atoms with E-state index in [2.05, 4.69) is 41.4 Å². The van der Waals surface area contributed by atoms with E-state index in [1.165, 1.54) is 33.6 Å². The van der Waals surface area contributed by atoms with Crippen LogP contribution in [0.3, 0.4) is 0 Å². The second-order valence-corrected chi connectivity index (χ2v) is 14.7. The zero-order chi connectivity index (χ0) is 36.6. The highest BCUT2D eigenvalue weighted by Gasteiger charge is 2.48. The van der Waals surface area contributed by atoms with Crippen LogP contribution in [0.15, 0.2) is 101 Å². The van der Waals surface area contributed by atoms with E-state index in [-0.39, 0.29) is 16.5 Å². The lowest BCUT2D eigenvalue weighted by Gasteiger charge is -2.23. The minimum absolute atomic E-state index is 0.0682. The standard InChI is InChI=1S/C41H41N3O6S2/c1-5-6-9-22-49-33-21-18-30(23-34(33)48-4)36-35(37(45)29-16-19-32(20-17-29)50-24-31-11-8-7-10-27(31)3)38(46)39(47)44(36)40-42-43-41(52-40)51-25-28-14-12-26(2)13-15-28/h7-8,10-21,23,36,45H,5-6,9,22,24-25H2,1-4H3/b37-35+. The van der Waals surface area contributed by atoms with Crippen LogP contribution < -0.4 is 19.1 Å². The van der Waals surface area contributed by atoms with E-state index in [4.69, 9.17) is 14.2 Å². The number of unbranched alkanes of at least 4 members (excludes halogenated alkanes) is 2. The number of thioether (sulfide) groups is 1. The lowest BCUT2D eigenvalue weighted by atomic mass is 9.95. The van der Waals surface area contributed by atoms with Gasteiger partial charge in [-0.05, 0) is 78.9 Å². The first kappa shape index (κ1) is 36.7. The van der Waals surface area contributed by atoms with Gasteiger partial charge in [0, 0.05) is 11.3 Å². The molecule has 1 atom stereocenters. The van der Waals surface area contributed by atoms with Gasteiger partial charge in [-0.3, -0.25) is 14.5 Å². The molecule has 1 saturated heterocycles. The van der Waals surface area contributed by atoms with Crippen molar-refractivity contribution < 1.29 is 28.9 Å². The fourth-order valence-corrected chi connectivity index (χ4v) is 7.66. The Morgan fingerprint density at radius 3 is 2.40 bits per heavy atom. The summed E-state index contributed by atoms with van der Waals surface area (Å²) in [7, 11) is 1.54. The third-order valence-electron chi connectivity index (χ3n) is 8.82. The molecule has 0 bridgehead atoms. The summed E-state index contributed by atoms with van der Waals surface area (Å²) in [6.07, 6.45) is 3.01. The van der Waals surface area contributed by atoms with Crippen LogP contribution in [-0.2, 0) is 21.9 Å². The van der Waals surface area contributed by atoms with E-state index in [1.54, 1.807) is 49.6 Å². The number of aliphatic hydroxyl groups is 1. The van der Waals surface area contributed by atoms with Crippen molar-refractivity contribution in [3.63, 3.8) is 0 Å². The molecule has 0 saturated carbocycles. The summed E-state index contributed by atoms with van der Waals surface area (Å²) < 4.78 is 18.4. The van der Waals surface area contributed by atoms with Crippen LogP contribution in [0.4, 0.5) is 5.13 Å². The zero-order valence-corrected chi connectivity index (χ0v) is 31.3. The third kappa shape index (κ3) is 8.32. The summed E-state index contributed by atoms with van der Waals surface area (Å²) in [5, 5.41) is 20.7. The molecule has 1 aliphatic rings. The number of hydrogen-bond acceptors (Lipinski definition) is 10. The number of Topliss-reactive ketones (excluding diaryl/α,β-unsaturated/α-hetero) is 1. The lowest BCUT2D eigenvalue weighted by Crippen LogP contribution is -2.29. The van der Waals surface area contributed by atoms with Crippen LogP contribution in [0.2, 0.25) is 0 Å². The second kappa shape index (κ2) is 16.9. The molecule has 6 rings (SSSR count). The molecule has 0 radical (unpaired) electrons. The maximum atomic E-state index is 13.9. The van der Waals surface area contributed by atoms with Crippen molar-refractivity contribution in [2.75, 3.05) is 18.6 Å². The van der Waals surface area contributed by atoms with E-state index in [0.29, 0.717) is 51.7 Å². The number of benzene rings is 4. The Bertz CT molecular complexity index is 2060. The highest BCUT2D eigenvalue weighted by molar-refractivity contribution is 8.00. The fourth-order valence-electron chi connectivity index (χ4n) is 5.84. The predicted molar refractivity (Wildman–Crippen MR) is 205 cm³/mol. The minimum Gasteiger partial charge on any atom is -0.507 e. The van der Waals surface area contributed by atoms with Crippen LogP contribution >= 0.6 is 23.1 Å². The molecule has 4 aromatic carbocycles. The monoisotopic (exact) mass is 735 g/mol.